The Labute approximate surface area is 147 Å². The van der Waals surface area contributed by atoms with E-state index in [0.29, 0.717) is 11.4 Å². The van der Waals surface area contributed by atoms with Gasteiger partial charge in [-0.2, -0.15) is 0 Å². The average molecular weight is 369 g/mol. The van der Waals surface area contributed by atoms with Crippen LogP contribution in [-0.2, 0) is 14.8 Å². The maximum atomic E-state index is 12.9. The molecule has 2 unspecified atom stereocenters. The Morgan fingerprint density at radius 3 is 2.88 bits per heavy atom. The Bertz CT molecular complexity index is 759. The second-order valence-corrected chi connectivity index (χ2v) is 8.03. The smallest absolute Gasteiger partial charge is 0.262 e. The van der Waals surface area contributed by atoms with E-state index in [1.807, 2.05) is 6.92 Å². The standard InChI is InChI=1S/C16H23N3O5S/c1-10(11-4-3-5-17-8-11)19-25(21,22)15-7-13-12(6-14(15)23-2)18-16(20)9-24-13/h6-7,10-11,17,19H,3-5,8-9H2,1-2H3,(H,18,20). The minimum Gasteiger partial charge on any atom is -0.495 e. The van der Waals surface area contributed by atoms with E-state index in [9.17, 15) is 13.2 Å². The molecule has 3 rings (SSSR count). The molecule has 2 aliphatic rings. The van der Waals surface area contributed by atoms with E-state index in [1.165, 1.54) is 19.2 Å². The highest BCUT2D eigenvalue weighted by molar-refractivity contribution is 7.89. The number of carbonyl (C=O) groups excluding carboxylic acids is 1. The third kappa shape index (κ3) is 3.88. The van der Waals surface area contributed by atoms with Crippen LogP contribution >= 0.6 is 0 Å². The van der Waals surface area contributed by atoms with Crippen LogP contribution < -0.4 is 24.8 Å². The summed E-state index contributed by atoms with van der Waals surface area (Å²) in [6.07, 6.45) is 2.01. The maximum Gasteiger partial charge on any atom is 0.262 e. The lowest BCUT2D eigenvalue weighted by atomic mass is 9.94. The molecule has 0 bridgehead atoms. The molecule has 2 aliphatic heterocycles. The van der Waals surface area contributed by atoms with Gasteiger partial charge in [0.1, 0.15) is 16.4 Å². The van der Waals surface area contributed by atoms with E-state index in [4.69, 9.17) is 9.47 Å². The van der Waals surface area contributed by atoms with Crippen LogP contribution in [0.3, 0.4) is 0 Å². The summed E-state index contributed by atoms with van der Waals surface area (Å²) in [5.41, 5.74) is 0.400. The molecule has 2 heterocycles. The Kier molecular flexibility index (Phi) is 5.16. The first-order valence-corrected chi connectivity index (χ1v) is 9.77. The zero-order valence-corrected chi connectivity index (χ0v) is 15.1. The van der Waals surface area contributed by atoms with Gasteiger partial charge in [0, 0.05) is 18.2 Å². The molecule has 1 aromatic carbocycles. The van der Waals surface area contributed by atoms with Gasteiger partial charge in [0.2, 0.25) is 10.0 Å². The number of sulfonamides is 1. The Hall–Kier alpha value is -1.84. The normalized spacial score (nSPS) is 21.7. The number of nitrogens with one attached hydrogen (secondary N) is 3. The molecule has 0 spiro atoms. The van der Waals surface area contributed by atoms with E-state index < -0.39 is 10.0 Å². The Balaban J connectivity index is 1.87. The van der Waals surface area contributed by atoms with Crippen molar-refractivity contribution in [2.24, 2.45) is 5.92 Å². The predicted octanol–water partition coefficient (Wildman–Crippen LogP) is 0.693. The summed E-state index contributed by atoms with van der Waals surface area (Å²) in [4.78, 5) is 11.4. The van der Waals surface area contributed by atoms with Gasteiger partial charge in [-0.3, -0.25) is 4.79 Å². The number of anilines is 1. The van der Waals surface area contributed by atoms with E-state index in [2.05, 4.69) is 15.4 Å². The van der Waals surface area contributed by atoms with Crippen molar-refractivity contribution < 1.29 is 22.7 Å². The van der Waals surface area contributed by atoms with Gasteiger partial charge < -0.3 is 20.1 Å². The monoisotopic (exact) mass is 369 g/mol. The van der Waals surface area contributed by atoms with Crippen molar-refractivity contribution >= 4 is 21.6 Å². The molecule has 1 aromatic rings. The highest BCUT2D eigenvalue weighted by Gasteiger charge is 2.29. The number of amides is 1. The first-order chi connectivity index (χ1) is 11.9. The van der Waals surface area contributed by atoms with Crippen LogP contribution in [0.15, 0.2) is 17.0 Å². The second kappa shape index (κ2) is 7.19. The van der Waals surface area contributed by atoms with Gasteiger partial charge in [-0.25, -0.2) is 13.1 Å². The van der Waals surface area contributed by atoms with Gasteiger partial charge in [0.05, 0.1) is 12.8 Å². The summed E-state index contributed by atoms with van der Waals surface area (Å²) in [5.74, 6) is 0.420. The van der Waals surface area contributed by atoms with Gasteiger partial charge in [0.15, 0.2) is 6.61 Å². The zero-order chi connectivity index (χ0) is 18.0. The minimum absolute atomic E-state index is 0.000479. The molecule has 0 aromatic heterocycles. The number of piperidine rings is 1. The topological polar surface area (TPSA) is 106 Å². The van der Waals surface area contributed by atoms with Crippen molar-refractivity contribution in [3.05, 3.63) is 12.1 Å². The van der Waals surface area contributed by atoms with Gasteiger partial charge >= 0.3 is 0 Å². The van der Waals surface area contributed by atoms with Crippen LogP contribution in [0.1, 0.15) is 19.8 Å². The average Bonchev–Trinajstić information content (AvgIpc) is 2.60. The van der Waals surface area contributed by atoms with Crippen molar-refractivity contribution in [1.29, 1.82) is 0 Å². The van der Waals surface area contributed by atoms with Crippen LogP contribution in [0, 0.1) is 5.92 Å². The van der Waals surface area contributed by atoms with Crippen LogP contribution in [0.4, 0.5) is 5.69 Å². The molecule has 1 saturated heterocycles. The van der Waals surface area contributed by atoms with Crippen molar-refractivity contribution in [3.63, 3.8) is 0 Å². The summed E-state index contributed by atoms with van der Waals surface area (Å²) in [5, 5.41) is 5.93. The highest BCUT2D eigenvalue weighted by Crippen LogP contribution is 2.37. The third-order valence-corrected chi connectivity index (χ3v) is 6.15. The van der Waals surface area contributed by atoms with Crippen molar-refractivity contribution in [3.8, 4) is 11.5 Å². The minimum atomic E-state index is -3.79. The molecule has 138 valence electrons. The van der Waals surface area contributed by atoms with Gasteiger partial charge in [-0.05, 0) is 38.8 Å². The number of carbonyl (C=O) groups is 1. The van der Waals surface area contributed by atoms with Crippen molar-refractivity contribution in [2.45, 2.75) is 30.7 Å². The zero-order valence-electron chi connectivity index (χ0n) is 14.3. The molecule has 1 fully saturated rings. The van der Waals surface area contributed by atoms with Crippen LogP contribution in [0.25, 0.3) is 0 Å². The molecule has 3 N–H and O–H groups in total. The lowest BCUT2D eigenvalue weighted by molar-refractivity contribution is -0.118. The Morgan fingerprint density at radius 2 is 2.20 bits per heavy atom. The lowest BCUT2D eigenvalue weighted by Crippen LogP contribution is -2.44. The summed E-state index contributed by atoms with van der Waals surface area (Å²) in [7, 11) is -2.40. The molecule has 0 aliphatic carbocycles. The first-order valence-electron chi connectivity index (χ1n) is 8.28. The number of ether oxygens (including phenoxy) is 2. The summed E-state index contributed by atoms with van der Waals surface area (Å²) >= 11 is 0. The fraction of sp³-hybridized carbons (Fsp3) is 0.562. The molecule has 0 saturated carbocycles. The number of benzene rings is 1. The molecule has 8 nitrogen and oxygen atoms in total. The van der Waals surface area contributed by atoms with E-state index in [1.54, 1.807) is 0 Å². The molecule has 25 heavy (non-hydrogen) atoms. The van der Waals surface area contributed by atoms with E-state index in [0.717, 1.165) is 25.9 Å². The number of rotatable bonds is 5. The number of hydrogen-bond donors (Lipinski definition) is 3. The van der Waals surface area contributed by atoms with Gasteiger partial charge in [-0.1, -0.05) is 0 Å². The van der Waals surface area contributed by atoms with Gasteiger partial charge in [0.25, 0.3) is 5.91 Å². The van der Waals surface area contributed by atoms with Crippen LogP contribution in [-0.4, -0.2) is 47.2 Å². The Morgan fingerprint density at radius 1 is 1.40 bits per heavy atom. The summed E-state index contributed by atoms with van der Waals surface area (Å²) in [6, 6.07) is 2.65. The molecule has 0 radical (unpaired) electrons. The third-order valence-electron chi connectivity index (χ3n) is 4.57. The largest absolute Gasteiger partial charge is 0.495 e. The number of hydrogen-bond acceptors (Lipinski definition) is 6. The van der Waals surface area contributed by atoms with Crippen LogP contribution in [0.5, 0.6) is 11.5 Å². The van der Waals surface area contributed by atoms with Gasteiger partial charge in [-0.15, -0.1) is 0 Å². The van der Waals surface area contributed by atoms with E-state index >= 15 is 0 Å². The molecular weight excluding hydrogens is 346 g/mol. The predicted molar refractivity (Wildman–Crippen MR) is 92.5 cm³/mol. The maximum absolute atomic E-state index is 12.9. The van der Waals surface area contributed by atoms with Crippen molar-refractivity contribution in [2.75, 3.05) is 32.1 Å². The van der Waals surface area contributed by atoms with Crippen molar-refractivity contribution in [1.82, 2.24) is 10.0 Å². The molecule has 1 amide bonds. The van der Waals surface area contributed by atoms with Crippen LogP contribution in [0.2, 0.25) is 0 Å². The molecule has 9 heteroatoms. The molecule has 2 atom stereocenters. The van der Waals surface area contributed by atoms with E-state index in [-0.39, 0.29) is 35.1 Å². The quantitative estimate of drug-likeness (QED) is 0.705. The fourth-order valence-electron chi connectivity index (χ4n) is 3.17. The molecular formula is C16H23N3O5S. The highest BCUT2D eigenvalue weighted by atomic mass is 32.2. The fourth-order valence-corrected chi connectivity index (χ4v) is 4.65. The first kappa shape index (κ1) is 18.0. The number of methoxy groups -OCH3 is 1. The number of fused-ring (bicyclic) bond motifs is 1. The summed E-state index contributed by atoms with van der Waals surface area (Å²) in [6.45, 7) is 3.49. The lowest BCUT2D eigenvalue weighted by Gasteiger charge is -2.29. The summed E-state index contributed by atoms with van der Waals surface area (Å²) < 4.78 is 39.0. The SMILES string of the molecule is COc1cc2c(cc1S(=O)(=O)NC(C)C1CCCNC1)OCC(=O)N2. The second-order valence-electron chi connectivity index (χ2n) is 6.35.